The second kappa shape index (κ2) is 17.4. The van der Waals surface area contributed by atoms with E-state index in [0.717, 1.165) is 19.3 Å². The maximum atomic E-state index is 12.0. The summed E-state index contributed by atoms with van der Waals surface area (Å²) in [5.74, 6) is -0.490. The van der Waals surface area contributed by atoms with E-state index in [0.29, 0.717) is 13.0 Å². The van der Waals surface area contributed by atoms with Crippen LogP contribution in [0, 0.1) is 5.92 Å². The molecular formula is C27H46N2O4. The summed E-state index contributed by atoms with van der Waals surface area (Å²) in [7, 11) is 0. The van der Waals surface area contributed by atoms with Crippen LogP contribution in [0.2, 0.25) is 0 Å². The van der Waals surface area contributed by atoms with E-state index < -0.39 is 6.09 Å². The molecular weight excluding hydrogens is 416 g/mol. The van der Waals surface area contributed by atoms with Crippen molar-refractivity contribution in [3.63, 3.8) is 0 Å². The second-order valence-corrected chi connectivity index (χ2v) is 9.38. The number of hydrogen-bond donors (Lipinski definition) is 2. The minimum absolute atomic E-state index is 0.0420. The number of alkyl carbamates (subject to hydrolysis) is 1. The van der Waals surface area contributed by atoms with E-state index >= 15 is 0 Å². The predicted molar refractivity (Wildman–Crippen MR) is 134 cm³/mol. The van der Waals surface area contributed by atoms with E-state index in [2.05, 4.69) is 24.4 Å². The largest absolute Gasteiger partial charge is 0.462 e. The molecule has 6 heteroatoms. The highest BCUT2D eigenvalue weighted by atomic mass is 16.6. The summed E-state index contributed by atoms with van der Waals surface area (Å²) in [6, 6.07) is 10.3. The quantitative estimate of drug-likeness (QED) is 0.213. The Morgan fingerprint density at radius 2 is 1.52 bits per heavy atom. The lowest BCUT2D eigenvalue weighted by atomic mass is 9.83. The normalized spacial score (nSPS) is 12.9. The fourth-order valence-corrected chi connectivity index (χ4v) is 3.82. The summed E-state index contributed by atoms with van der Waals surface area (Å²) < 4.78 is 10.1. The highest BCUT2D eigenvalue weighted by Gasteiger charge is 2.25. The lowest BCUT2D eigenvalue weighted by molar-refractivity contribution is -0.148. The Kier molecular flexibility index (Phi) is 15.3. The summed E-state index contributed by atoms with van der Waals surface area (Å²) in [6.07, 6.45) is 12.0. The SMILES string of the molecule is CCCCCCCCCCC(N)(CCNC(=O)OCCOC(=O)C(C)C)Cc1ccccc1. The third kappa shape index (κ3) is 14.6. The molecule has 1 atom stereocenters. The predicted octanol–water partition coefficient (Wildman–Crippen LogP) is 5.77. The smallest absolute Gasteiger partial charge is 0.407 e. The van der Waals surface area contributed by atoms with Gasteiger partial charge in [0.15, 0.2) is 0 Å². The molecule has 0 radical (unpaired) electrons. The monoisotopic (exact) mass is 462 g/mol. The number of esters is 1. The summed E-state index contributed by atoms with van der Waals surface area (Å²) in [6.45, 7) is 6.33. The summed E-state index contributed by atoms with van der Waals surface area (Å²) in [5.41, 5.74) is 7.68. The first-order valence-electron chi connectivity index (χ1n) is 12.8. The first-order chi connectivity index (χ1) is 15.9. The van der Waals surface area contributed by atoms with Crippen LogP contribution in [0.25, 0.3) is 0 Å². The Morgan fingerprint density at radius 3 is 2.15 bits per heavy atom. The standard InChI is InChI=1S/C27H46N2O4/c1-4-5-6-7-8-9-10-14-17-27(28,22-24-15-12-11-13-16-24)18-19-29-26(31)33-21-20-32-25(30)23(2)3/h11-13,15-16,23H,4-10,14,17-22,28H2,1-3H3,(H,29,31). The maximum absolute atomic E-state index is 12.0. The summed E-state index contributed by atoms with van der Waals surface area (Å²) in [4.78, 5) is 23.4. The number of nitrogens with one attached hydrogen (secondary N) is 1. The number of hydrogen-bond acceptors (Lipinski definition) is 5. The minimum Gasteiger partial charge on any atom is -0.462 e. The molecule has 1 aromatic carbocycles. The van der Waals surface area contributed by atoms with E-state index in [4.69, 9.17) is 15.2 Å². The lowest BCUT2D eigenvalue weighted by Gasteiger charge is -2.30. The molecule has 0 spiro atoms. The van der Waals surface area contributed by atoms with Gasteiger partial charge in [-0.15, -0.1) is 0 Å². The van der Waals surface area contributed by atoms with Gasteiger partial charge in [-0.1, -0.05) is 102 Å². The van der Waals surface area contributed by atoms with Crippen LogP contribution in [0.5, 0.6) is 0 Å². The summed E-state index contributed by atoms with van der Waals surface area (Å²) >= 11 is 0. The zero-order valence-electron chi connectivity index (χ0n) is 21.1. The van der Waals surface area contributed by atoms with Crippen LogP contribution in [0.15, 0.2) is 30.3 Å². The van der Waals surface area contributed by atoms with Crippen molar-refractivity contribution in [3.8, 4) is 0 Å². The van der Waals surface area contributed by atoms with Crippen molar-refractivity contribution in [2.75, 3.05) is 19.8 Å². The van der Waals surface area contributed by atoms with Gasteiger partial charge < -0.3 is 20.5 Å². The van der Waals surface area contributed by atoms with Crippen molar-refractivity contribution in [1.29, 1.82) is 0 Å². The van der Waals surface area contributed by atoms with Gasteiger partial charge in [-0.25, -0.2) is 4.79 Å². The molecule has 0 aliphatic carbocycles. The van der Waals surface area contributed by atoms with Gasteiger partial charge in [-0.2, -0.15) is 0 Å². The third-order valence-corrected chi connectivity index (χ3v) is 5.85. The zero-order valence-corrected chi connectivity index (χ0v) is 21.1. The molecule has 33 heavy (non-hydrogen) atoms. The number of ether oxygens (including phenoxy) is 2. The van der Waals surface area contributed by atoms with Gasteiger partial charge in [0.25, 0.3) is 0 Å². The fraction of sp³-hybridized carbons (Fsp3) is 0.704. The highest BCUT2D eigenvalue weighted by molar-refractivity contribution is 5.71. The molecule has 0 aromatic heterocycles. The van der Waals surface area contributed by atoms with Gasteiger partial charge in [-0.3, -0.25) is 4.79 Å². The average Bonchev–Trinajstić information content (AvgIpc) is 2.79. The highest BCUT2D eigenvalue weighted by Crippen LogP contribution is 2.22. The summed E-state index contributed by atoms with van der Waals surface area (Å²) in [5, 5.41) is 2.78. The van der Waals surface area contributed by atoms with Crippen molar-refractivity contribution in [2.24, 2.45) is 11.7 Å². The molecule has 1 amide bonds. The number of carbonyl (C=O) groups is 2. The van der Waals surface area contributed by atoms with Crippen molar-refractivity contribution in [2.45, 2.75) is 96.9 Å². The molecule has 1 aromatic rings. The first-order valence-corrected chi connectivity index (χ1v) is 12.8. The Morgan fingerprint density at radius 1 is 0.909 bits per heavy atom. The van der Waals surface area contributed by atoms with Crippen LogP contribution in [-0.2, 0) is 20.7 Å². The molecule has 0 aliphatic rings. The van der Waals surface area contributed by atoms with Crippen molar-refractivity contribution >= 4 is 12.1 Å². The molecule has 0 heterocycles. The number of benzene rings is 1. The minimum atomic E-state index is -0.510. The molecule has 6 nitrogen and oxygen atoms in total. The Labute approximate surface area is 201 Å². The van der Waals surface area contributed by atoms with Gasteiger partial charge in [0, 0.05) is 12.1 Å². The number of carbonyl (C=O) groups excluding carboxylic acids is 2. The van der Waals surface area contributed by atoms with E-state index in [1.54, 1.807) is 13.8 Å². The lowest BCUT2D eigenvalue weighted by Crippen LogP contribution is -2.45. The molecule has 3 N–H and O–H groups in total. The maximum Gasteiger partial charge on any atom is 0.407 e. The van der Waals surface area contributed by atoms with Crippen LogP contribution in [0.4, 0.5) is 4.79 Å². The van der Waals surface area contributed by atoms with Crippen LogP contribution in [-0.4, -0.2) is 37.4 Å². The Bertz CT molecular complexity index is 651. The van der Waals surface area contributed by atoms with Crippen molar-refractivity contribution < 1.29 is 19.1 Å². The van der Waals surface area contributed by atoms with Crippen LogP contribution in [0.3, 0.4) is 0 Å². The van der Waals surface area contributed by atoms with E-state index in [1.807, 2.05) is 18.2 Å². The number of amides is 1. The molecule has 1 unspecified atom stereocenters. The van der Waals surface area contributed by atoms with E-state index in [9.17, 15) is 9.59 Å². The number of nitrogens with two attached hydrogens (primary N) is 1. The van der Waals surface area contributed by atoms with Gasteiger partial charge >= 0.3 is 12.1 Å². The first kappa shape index (κ1) is 29.0. The van der Waals surface area contributed by atoms with Gasteiger partial charge in [0.2, 0.25) is 0 Å². The van der Waals surface area contributed by atoms with Gasteiger partial charge in [-0.05, 0) is 24.8 Å². The van der Waals surface area contributed by atoms with E-state index in [1.165, 1.54) is 50.5 Å². The molecule has 0 saturated carbocycles. The topological polar surface area (TPSA) is 90.7 Å². The molecule has 0 aliphatic heterocycles. The van der Waals surface area contributed by atoms with Crippen LogP contribution >= 0.6 is 0 Å². The van der Waals surface area contributed by atoms with Gasteiger partial charge in [0.05, 0.1) is 5.92 Å². The molecule has 0 fully saturated rings. The second-order valence-electron chi connectivity index (χ2n) is 9.38. The zero-order chi connectivity index (χ0) is 24.4. The van der Waals surface area contributed by atoms with Crippen LogP contribution < -0.4 is 11.1 Å². The van der Waals surface area contributed by atoms with Crippen molar-refractivity contribution in [1.82, 2.24) is 5.32 Å². The third-order valence-electron chi connectivity index (χ3n) is 5.85. The molecule has 1 rings (SSSR count). The number of unbranched alkanes of at least 4 members (excludes halogenated alkanes) is 7. The van der Waals surface area contributed by atoms with E-state index in [-0.39, 0.29) is 30.6 Å². The number of rotatable bonds is 18. The Hall–Kier alpha value is -2.08. The fourth-order valence-electron chi connectivity index (χ4n) is 3.82. The van der Waals surface area contributed by atoms with Gasteiger partial charge in [0.1, 0.15) is 13.2 Å². The molecule has 0 bridgehead atoms. The molecule has 0 saturated heterocycles. The van der Waals surface area contributed by atoms with Crippen molar-refractivity contribution in [3.05, 3.63) is 35.9 Å². The van der Waals surface area contributed by atoms with Crippen LogP contribution in [0.1, 0.15) is 90.5 Å². The molecule has 188 valence electrons. The average molecular weight is 463 g/mol. The Balaban J connectivity index is 2.38.